The van der Waals surface area contributed by atoms with E-state index in [2.05, 4.69) is 20.8 Å². The highest BCUT2D eigenvalue weighted by atomic mass is 19.1. The van der Waals surface area contributed by atoms with Crippen molar-refractivity contribution >= 4 is 17.8 Å². The lowest BCUT2D eigenvalue weighted by atomic mass is 9.75. The normalized spacial score (nSPS) is 22.3. The molecule has 0 radical (unpaired) electrons. The fourth-order valence-electron chi connectivity index (χ4n) is 4.36. The highest BCUT2D eigenvalue weighted by molar-refractivity contribution is 5.94. The summed E-state index contributed by atoms with van der Waals surface area (Å²) in [6.07, 6.45) is 5.91. The van der Waals surface area contributed by atoms with E-state index in [0.29, 0.717) is 24.2 Å². The van der Waals surface area contributed by atoms with E-state index in [1.165, 1.54) is 18.6 Å². The minimum absolute atomic E-state index is 0.0483. The Morgan fingerprint density at radius 3 is 2.74 bits per heavy atom. The lowest BCUT2D eigenvalue weighted by Gasteiger charge is -2.33. The number of carbonyl (C=O) groups excluding carboxylic acids is 2. The third-order valence-corrected chi connectivity index (χ3v) is 6.46. The van der Waals surface area contributed by atoms with E-state index < -0.39 is 6.09 Å². The van der Waals surface area contributed by atoms with Gasteiger partial charge in [0.05, 0.1) is 5.69 Å². The molecule has 4 rings (SSSR count). The molecule has 3 N–H and O–H groups in total. The maximum Gasteiger partial charge on any atom is 0.407 e. The zero-order valence-corrected chi connectivity index (χ0v) is 17.7. The van der Waals surface area contributed by atoms with Crippen LogP contribution in [-0.4, -0.2) is 28.3 Å². The Morgan fingerprint density at radius 1 is 1.23 bits per heavy atom. The molecule has 31 heavy (non-hydrogen) atoms. The summed E-state index contributed by atoms with van der Waals surface area (Å²) < 4.78 is 18.6. The van der Waals surface area contributed by atoms with Crippen LogP contribution >= 0.6 is 0 Å². The second kappa shape index (κ2) is 9.08. The molecule has 0 spiro atoms. The van der Waals surface area contributed by atoms with Crippen molar-refractivity contribution < 1.29 is 18.7 Å². The van der Waals surface area contributed by atoms with Crippen molar-refractivity contribution in [3.8, 4) is 0 Å². The Hall–Kier alpha value is -2.90. The number of amides is 2. The fourth-order valence-corrected chi connectivity index (χ4v) is 4.36. The number of aromatic nitrogens is 2. The van der Waals surface area contributed by atoms with E-state index in [1.807, 2.05) is 13.0 Å². The maximum atomic E-state index is 13.2. The van der Waals surface area contributed by atoms with Crippen LogP contribution < -0.4 is 10.6 Å². The minimum Gasteiger partial charge on any atom is -0.446 e. The van der Waals surface area contributed by atoms with Gasteiger partial charge in [-0.25, -0.2) is 9.18 Å². The van der Waals surface area contributed by atoms with E-state index in [4.69, 9.17) is 4.74 Å². The van der Waals surface area contributed by atoms with Gasteiger partial charge in [-0.05, 0) is 43.4 Å². The van der Waals surface area contributed by atoms with Crippen LogP contribution in [0.3, 0.4) is 0 Å². The molecule has 7 nitrogen and oxygen atoms in total. The van der Waals surface area contributed by atoms with Crippen LogP contribution in [-0.2, 0) is 16.1 Å². The number of hydrogen-bond acceptors (Lipinski definition) is 4. The molecule has 0 saturated heterocycles. The molecule has 2 aromatic rings. The van der Waals surface area contributed by atoms with Crippen molar-refractivity contribution in [2.75, 3.05) is 5.32 Å². The van der Waals surface area contributed by atoms with Gasteiger partial charge >= 0.3 is 6.09 Å². The quantitative estimate of drug-likeness (QED) is 0.625. The summed E-state index contributed by atoms with van der Waals surface area (Å²) in [7, 11) is 0. The average molecular weight is 429 g/mol. The number of halogens is 1. The molecule has 2 amide bonds. The second-order valence-corrected chi connectivity index (χ2v) is 8.96. The van der Waals surface area contributed by atoms with Gasteiger partial charge in [-0.2, -0.15) is 5.10 Å². The number of rotatable bonds is 6. The van der Waals surface area contributed by atoms with Crippen LogP contribution in [0.2, 0.25) is 0 Å². The predicted molar refractivity (Wildman–Crippen MR) is 114 cm³/mol. The zero-order valence-electron chi connectivity index (χ0n) is 17.7. The average Bonchev–Trinajstić information content (AvgIpc) is 3.17. The number of ether oxygens (including phenoxy) is 1. The summed E-state index contributed by atoms with van der Waals surface area (Å²) in [5, 5.41) is 12.9. The molecule has 0 atom stereocenters. The number of H-pyrrole nitrogens is 1. The molecular formula is C23H29FN4O3. The van der Waals surface area contributed by atoms with Gasteiger partial charge in [-0.3, -0.25) is 9.89 Å². The van der Waals surface area contributed by atoms with Gasteiger partial charge in [0.15, 0.2) is 0 Å². The topological polar surface area (TPSA) is 96.1 Å². The lowest BCUT2D eigenvalue weighted by molar-refractivity contribution is -0.126. The molecular weight excluding hydrogens is 399 g/mol. The first-order chi connectivity index (χ1) is 14.9. The standard InChI is InChI=1S/C23H29FN4O3/c1-23(8-3-2-4-9-23)21(29)26-20-13-19(27-28-20)16-11-18(12-16)31-22(30)25-14-15-6-5-7-17(24)10-15/h5-7,10,13,16,18H,2-4,8-9,11-12,14H2,1H3,(H,25,30)(H2,26,27,28,29)/t16-,18+. The summed E-state index contributed by atoms with van der Waals surface area (Å²) >= 11 is 0. The first-order valence-electron chi connectivity index (χ1n) is 11.0. The van der Waals surface area contributed by atoms with Crippen molar-refractivity contribution in [3.05, 3.63) is 47.4 Å². The van der Waals surface area contributed by atoms with Crippen molar-refractivity contribution in [2.45, 2.75) is 70.4 Å². The molecule has 0 aliphatic heterocycles. The first kappa shape index (κ1) is 21.3. The van der Waals surface area contributed by atoms with Crippen LogP contribution in [0.5, 0.6) is 0 Å². The van der Waals surface area contributed by atoms with Crippen molar-refractivity contribution in [1.29, 1.82) is 0 Å². The molecule has 2 aliphatic carbocycles. The van der Waals surface area contributed by atoms with Gasteiger partial charge in [-0.15, -0.1) is 0 Å². The zero-order chi connectivity index (χ0) is 21.8. The van der Waals surface area contributed by atoms with Gasteiger partial charge in [0, 0.05) is 23.9 Å². The monoisotopic (exact) mass is 428 g/mol. The number of hydrogen-bond donors (Lipinski definition) is 3. The number of benzene rings is 1. The highest BCUT2D eigenvalue weighted by Gasteiger charge is 2.36. The Labute approximate surface area is 181 Å². The van der Waals surface area contributed by atoms with Gasteiger partial charge in [0.1, 0.15) is 17.7 Å². The van der Waals surface area contributed by atoms with Crippen LogP contribution in [0.1, 0.15) is 69.0 Å². The van der Waals surface area contributed by atoms with E-state index in [9.17, 15) is 14.0 Å². The van der Waals surface area contributed by atoms with Crippen LogP contribution in [0, 0.1) is 11.2 Å². The van der Waals surface area contributed by atoms with E-state index >= 15 is 0 Å². The van der Waals surface area contributed by atoms with Crippen molar-refractivity contribution in [3.63, 3.8) is 0 Å². The largest absolute Gasteiger partial charge is 0.446 e. The molecule has 2 saturated carbocycles. The summed E-state index contributed by atoms with van der Waals surface area (Å²) in [4.78, 5) is 24.6. The van der Waals surface area contributed by atoms with E-state index in [-0.39, 0.29) is 35.7 Å². The van der Waals surface area contributed by atoms with Gasteiger partial charge in [-0.1, -0.05) is 38.3 Å². The summed E-state index contributed by atoms with van der Waals surface area (Å²) in [6.45, 7) is 2.25. The fraction of sp³-hybridized carbons (Fsp3) is 0.522. The second-order valence-electron chi connectivity index (χ2n) is 8.96. The third kappa shape index (κ3) is 5.24. The Kier molecular flexibility index (Phi) is 6.25. The molecule has 1 aromatic carbocycles. The molecule has 0 unspecified atom stereocenters. The number of anilines is 1. The molecule has 166 valence electrons. The SMILES string of the molecule is CC1(C(=O)Nc2cc([C@H]3C[C@@H](OC(=O)NCc4cccc(F)c4)C3)n[nH]2)CCCCC1. The summed E-state index contributed by atoms with van der Waals surface area (Å²) in [5.74, 6) is 0.515. The van der Waals surface area contributed by atoms with Gasteiger partial charge in [0.2, 0.25) is 5.91 Å². The maximum absolute atomic E-state index is 13.2. The Balaban J connectivity index is 1.20. The van der Waals surface area contributed by atoms with E-state index in [1.54, 1.807) is 12.1 Å². The number of carbonyl (C=O) groups is 2. The lowest BCUT2D eigenvalue weighted by Crippen LogP contribution is -2.36. The minimum atomic E-state index is -0.511. The molecule has 2 fully saturated rings. The summed E-state index contributed by atoms with van der Waals surface area (Å²) in [6, 6.07) is 7.95. The predicted octanol–water partition coefficient (Wildman–Crippen LogP) is 4.63. The first-order valence-corrected chi connectivity index (χ1v) is 11.0. The molecule has 2 aliphatic rings. The number of nitrogens with zero attached hydrogens (tertiary/aromatic N) is 1. The molecule has 0 bridgehead atoms. The summed E-state index contributed by atoms with van der Waals surface area (Å²) in [5.41, 5.74) is 1.23. The molecule has 1 aromatic heterocycles. The smallest absolute Gasteiger partial charge is 0.407 e. The highest BCUT2D eigenvalue weighted by Crippen LogP contribution is 2.39. The number of alkyl carbamates (subject to hydrolysis) is 1. The van der Waals surface area contributed by atoms with Gasteiger partial charge < -0.3 is 15.4 Å². The van der Waals surface area contributed by atoms with Crippen LogP contribution in [0.4, 0.5) is 15.0 Å². The molecule has 8 heteroatoms. The van der Waals surface area contributed by atoms with Crippen LogP contribution in [0.15, 0.2) is 30.3 Å². The Bertz CT molecular complexity index is 932. The number of nitrogens with one attached hydrogen (secondary N) is 3. The van der Waals surface area contributed by atoms with E-state index in [0.717, 1.165) is 31.4 Å². The van der Waals surface area contributed by atoms with Crippen LogP contribution in [0.25, 0.3) is 0 Å². The molecule has 1 heterocycles. The number of aromatic amines is 1. The Morgan fingerprint density at radius 2 is 2.00 bits per heavy atom. The van der Waals surface area contributed by atoms with Crippen molar-refractivity contribution in [1.82, 2.24) is 15.5 Å². The van der Waals surface area contributed by atoms with Gasteiger partial charge in [0.25, 0.3) is 0 Å². The third-order valence-electron chi connectivity index (χ3n) is 6.46. The van der Waals surface area contributed by atoms with Crippen molar-refractivity contribution in [2.24, 2.45) is 5.41 Å².